The molecule has 0 aliphatic heterocycles. The van der Waals surface area contributed by atoms with Gasteiger partial charge in [-0.2, -0.15) is 4.39 Å². The maximum absolute atomic E-state index is 13.3. The van der Waals surface area contributed by atoms with Crippen LogP contribution in [0.3, 0.4) is 0 Å². The summed E-state index contributed by atoms with van der Waals surface area (Å²) in [7, 11) is 2.91. The van der Waals surface area contributed by atoms with E-state index in [1.54, 1.807) is 0 Å². The molecule has 0 bridgehead atoms. The molecule has 1 rings (SSSR count). The smallest absolute Gasteiger partial charge is 0.327 e. The summed E-state index contributed by atoms with van der Waals surface area (Å²) in [6.07, 6.45) is -0.393. The summed E-state index contributed by atoms with van der Waals surface area (Å²) in [5.74, 6) is -2.13. The van der Waals surface area contributed by atoms with Crippen LogP contribution in [0.15, 0.2) is 12.1 Å². The van der Waals surface area contributed by atoms with Gasteiger partial charge < -0.3 is 14.8 Å². The zero-order chi connectivity index (χ0) is 14.4. The number of nitrogens with one attached hydrogen (secondary N) is 1. The van der Waals surface area contributed by atoms with Gasteiger partial charge in [0.05, 0.1) is 17.6 Å². The van der Waals surface area contributed by atoms with Crippen LogP contribution in [0.2, 0.25) is 0 Å². The Balaban J connectivity index is 2.90. The van der Waals surface area contributed by atoms with Gasteiger partial charge in [0, 0.05) is 32.9 Å². The maximum Gasteiger partial charge on any atom is 0.327 e. The Morgan fingerprint density at radius 3 is 2.63 bits per heavy atom. The molecule has 1 aromatic rings. The van der Waals surface area contributed by atoms with Gasteiger partial charge in [-0.1, -0.05) is 0 Å². The first-order valence-electron chi connectivity index (χ1n) is 5.38. The predicted molar refractivity (Wildman–Crippen MR) is 64.2 cm³/mol. The zero-order valence-corrected chi connectivity index (χ0v) is 10.5. The fourth-order valence-electron chi connectivity index (χ4n) is 1.51. The average molecular weight is 276 g/mol. The number of nitro groups is 1. The molecule has 0 amide bonds. The van der Waals surface area contributed by atoms with Crippen LogP contribution in [0.25, 0.3) is 0 Å². The second-order valence-electron chi connectivity index (χ2n) is 3.73. The molecule has 0 fully saturated rings. The van der Waals surface area contributed by atoms with Gasteiger partial charge in [-0.3, -0.25) is 10.1 Å². The van der Waals surface area contributed by atoms with E-state index in [4.69, 9.17) is 9.47 Å². The topological polar surface area (TPSA) is 73.6 Å². The van der Waals surface area contributed by atoms with Crippen molar-refractivity contribution in [3.05, 3.63) is 33.9 Å². The van der Waals surface area contributed by atoms with Crippen LogP contribution >= 0.6 is 0 Å². The first kappa shape index (κ1) is 15.3. The zero-order valence-electron chi connectivity index (χ0n) is 10.5. The van der Waals surface area contributed by atoms with Crippen LogP contribution in [0.1, 0.15) is 0 Å². The third-order valence-electron chi connectivity index (χ3n) is 2.42. The molecular weight excluding hydrogens is 262 g/mol. The highest BCUT2D eigenvalue weighted by Gasteiger charge is 2.22. The molecule has 0 saturated carbocycles. The van der Waals surface area contributed by atoms with Crippen molar-refractivity contribution in [1.82, 2.24) is 0 Å². The van der Waals surface area contributed by atoms with Crippen LogP contribution < -0.4 is 5.32 Å². The Bertz CT molecular complexity index is 457. The van der Waals surface area contributed by atoms with Crippen molar-refractivity contribution in [3.8, 4) is 0 Å². The van der Waals surface area contributed by atoms with Crippen molar-refractivity contribution in [1.29, 1.82) is 0 Å². The number of nitrogens with zero attached hydrogens (tertiary/aromatic N) is 1. The third kappa shape index (κ3) is 4.11. The first-order valence-corrected chi connectivity index (χ1v) is 5.38. The van der Waals surface area contributed by atoms with Gasteiger partial charge in [-0.25, -0.2) is 4.39 Å². The molecule has 1 atom stereocenters. The van der Waals surface area contributed by atoms with Gasteiger partial charge in [0.25, 0.3) is 0 Å². The molecule has 19 heavy (non-hydrogen) atoms. The number of anilines is 1. The van der Waals surface area contributed by atoms with Crippen molar-refractivity contribution in [2.45, 2.75) is 6.10 Å². The van der Waals surface area contributed by atoms with Crippen LogP contribution in [0.5, 0.6) is 0 Å². The van der Waals surface area contributed by atoms with E-state index < -0.39 is 28.3 Å². The Kier molecular flexibility index (Phi) is 5.58. The van der Waals surface area contributed by atoms with E-state index in [2.05, 4.69) is 5.32 Å². The summed E-state index contributed by atoms with van der Waals surface area (Å²) in [5, 5.41) is 13.3. The Hall–Kier alpha value is -1.80. The highest BCUT2D eigenvalue weighted by atomic mass is 19.1. The van der Waals surface area contributed by atoms with Crippen LogP contribution in [-0.2, 0) is 9.47 Å². The minimum Gasteiger partial charge on any atom is -0.382 e. The molecule has 1 aromatic carbocycles. The van der Waals surface area contributed by atoms with Gasteiger partial charge in [0.15, 0.2) is 0 Å². The number of methoxy groups -OCH3 is 2. The summed E-state index contributed by atoms with van der Waals surface area (Å²) in [6, 6.07) is 1.33. The molecule has 0 aromatic heterocycles. The number of halogens is 2. The van der Waals surface area contributed by atoms with Crippen molar-refractivity contribution in [2.24, 2.45) is 0 Å². The van der Waals surface area contributed by atoms with Gasteiger partial charge in [-0.15, -0.1) is 0 Å². The molecule has 0 aliphatic rings. The van der Waals surface area contributed by atoms with Crippen molar-refractivity contribution >= 4 is 11.4 Å². The molecule has 0 saturated heterocycles. The maximum atomic E-state index is 13.3. The number of rotatable bonds is 7. The summed E-state index contributed by atoms with van der Waals surface area (Å²) in [6.45, 7) is 0.364. The molecule has 0 spiro atoms. The number of ether oxygens (including phenoxy) is 2. The molecule has 1 unspecified atom stereocenters. The van der Waals surface area contributed by atoms with E-state index in [0.29, 0.717) is 6.07 Å². The van der Waals surface area contributed by atoms with Crippen LogP contribution in [0, 0.1) is 21.7 Å². The number of nitro benzene ring substituents is 1. The lowest BCUT2D eigenvalue weighted by Gasteiger charge is -2.16. The van der Waals surface area contributed by atoms with Gasteiger partial charge >= 0.3 is 5.69 Å². The number of hydrogen-bond donors (Lipinski definition) is 1. The minimum atomic E-state index is -1.23. The molecular formula is C11H14F2N2O4. The standard InChI is InChI=1S/C11H14F2N2O4/c1-18-6-8(19-2)5-14-10-4-7(12)3-9(13)11(10)15(16)17/h3-4,8,14H,5-6H2,1-2H3. The fraction of sp³-hybridized carbons (Fsp3) is 0.455. The predicted octanol–water partition coefficient (Wildman–Crippen LogP) is 1.95. The lowest BCUT2D eigenvalue weighted by atomic mass is 10.2. The van der Waals surface area contributed by atoms with Crippen molar-refractivity contribution < 1.29 is 23.2 Å². The summed E-state index contributed by atoms with van der Waals surface area (Å²) >= 11 is 0. The molecule has 106 valence electrons. The second kappa shape index (κ2) is 6.95. The van der Waals surface area contributed by atoms with Gasteiger partial charge in [0.2, 0.25) is 5.82 Å². The fourth-order valence-corrected chi connectivity index (χ4v) is 1.51. The van der Waals surface area contributed by atoms with Crippen LogP contribution in [0.4, 0.5) is 20.2 Å². The van der Waals surface area contributed by atoms with E-state index in [1.165, 1.54) is 14.2 Å². The van der Waals surface area contributed by atoms with Gasteiger partial charge in [0.1, 0.15) is 11.5 Å². The average Bonchev–Trinajstić information content (AvgIpc) is 2.32. The Labute approximate surface area is 108 Å². The monoisotopic (exact) mass is 276 g/mol. The van der Waals surface area contributed by atoms with Gasteiger partial charge in [-0.05, 0) is 0 Å². The van der Waals surface area contributed by atoms with E-state index in [-0.39, 0.29) is 18.8 Å². The Morgan fingerprint density at radius 2 is 2.11 bits per heavy atom. The third-order valence-corrected chi connectivity index (χ3v) is 2.42. The number of hydrogen-bond acceptors (Lipinski definition) is 5. The van der Waals surface area contributed by atoms with Crippen molar-refractivity contribution in [3.63, 3.8) is 0 Å². The van der Waals surface area contributed by atoms with Crippen LogP contribution in [-0.4, -0.2) is 38.4 Å². The lowest BCUT2D eigenvalue weighted by Crippen LogP contribution is -2.27. The molecule has 6 nitrogen and oxygen atoms in total. The molecule has 0 heterocycles. The lowest BCUT2D eigenvalue weighted by molar-refractivity contribution is -0.386. The molecule has 1 N–H and O–H groups in total. The summed E-state index contributed by atoms with van der Waals surface area (Å²) in [4.78, 5) is 9.83. The Morgan fingerprint density at radius 1 is 1.42 bits per heavy atom. The van der Waals surface area contributed by atoms with E-state index >= 15 is 0 Å². The van der Waals surface area contributed by atoms with E-state index in [9.17, 15) is 18.9 Å². The van der Waals surface area contributed by atoms with Crippen molar-refractivity contribution in [2.75, 3.05) is 32.7 Å². The normalized spacial score (nSPS) is 12.2. The second-order valence-corrected chi connectivity index (χ2v) is 3.73. The quantitative estimate of drug-likeness (QED) is 0.608. The highest BCUT2D eigenvalue weighted by molar-refractivity contribution is 5.62. The van der Waals surface area contributed by atoms with E-state index in [0.717, 1.165) is 6.07 Å². The SMILES string of the molecule is COCC(CNc1cc(F)cc(F)c1[N+](=O)[O-])OC. The summed E-state index contributed by atoms with van der Waals surface area (Å²) < 4.78 is 36.3. The molecule has 8 heteroatoms. The largest absolute Gasteiger partial charge is 0.382 e. The number of benzene rings is 1. The summed E-state index contributed by atoms with van der Waals surface area (Å²) in [5.41, 5.74) is -1.03. The molecule has 0 aliphatic carbocycles. The molecule has 0 radical (unpaired) electrons. The minimum absolute atomic E-state index is 0.119. The first-order chi connectivity index (χ1) is 8.99. The highest BCUT2D eigenvalue weighted by Crippen LogP contribution is 2.28. The van der Waals surface area contributed by atoms with E-state index in [1.807, 2.05) is 0 Å².